The molecule has 4 nitrogen and oxygen atoms in total. The molecule has 1 N–H and O–H groups in total. The van der Waals surface area contributed by atoms with Gasteiger partial charge in [0.2, 0.25) is 0 Å². The van der Waals surface area contributed by atoms with Crippen LogP contribution in [0.25, 0.3) is 10.2 Å². The fourth-order valence-corrected chi connectivity index (χ4v) is 5.14. The molecule has 4 rings (SSSR count). The molecule has 5 heteroatoms. The summed E-state index contributed by atoms with van der Waals surface area (Å²) in [7, 11) is 0. The summed E-state index contributed by atoms with van der Waals surface area (Å²) < 4.78 is 1.27. The average Bonchev–Trinajstić information content (AvgIpc) is 3.13. The first-order valence-corrected chi connectivity index (χ1v) is 11.1. The zero-order chi connectivity index (χ0) is 19.2. The summed E-state index contributed by atoms with van der Waals surface area (Å²) in [5, 5.41) is 10.8. The highest BCUT2D eigenvalue weighted by molar-refractivity contribution is 7.18. The number of para-hydroxylation sites is 1. The zero-order valence-electron chi connectivity index (χ0n) is 16.3. The summed E-state index contributed by atoms with van der Waals surface area (Å²) in [6, 6.07) is 19.5. The van der Waals surface area contributed by atoms with E-state index < -0.39 is 0 Å². The molecule has 0 unspecified atom stereocenters. The minimum absolute atomic E-state index is 0.259. The summed E-state index contributed by atoms with van der Waals surface area (Å²) in [6.07, 6.45) is 3.14. The number of benzene rings is 2. The third-order valence-corrected chi connectivity index (χ3v) is 6.62. The number of aliphatic hydroxyl groups is 1. The van der Waals surface area contributed by atoms with Crippen LogP contribution >= 0.6 is 11.3 Å². The maximum Gasteiger partial charge on any atom is 0.108 e. The lowest BCUT2D eigenvalue weighted by Gasteiger charge is -2.41. The Bertz CT molecular complexity index is 833. The third kappa shape index (κ3) is 4.97. The Morgan fingerprint density at radius 1 is 1.04 bits per heavy atom. The first-order valence-electron chi connectivity index (χ1n) is 10.3. The van der Waals surface area contributed by atoms with Crippen LogP contribution < -0.4 is 0 Å². The number of piperazine rings is 1. The van der Waals surface area contributed by atoms with Gasteiger partial charge in [0, 0.05) is 32.3 Å². The van der Waals surface area contributed by atoms with Crippen LogP contribution in [0.2, 0.25) is 0 Å². The highest BCUT2D eigenvalue weighted by atomic mass is 32.1. The second kappa shape index (κ2) is 9.61. The van der Waals surface area contributed by atoms with Crippen molar-refractivity contribution in [3.63, 3.8) is 0 Å². The van der Waals surface area contributed by atoms with Crippen molar-refractivity contribution >= 4 is 21.6 Å². The Balaban J connectivity index is 1.31. The van der Waals surface area contributed by atoms with Crippen LogP contribution in [0.3, 0.4) is 0 Å². The fourth-order valence-electron chi connectivity index (χ4n) is 4.13. The van der Waals surface area contributed by atoms with Crippen LogP contribution in [0.15, 0.2) is 54.6 Å². The van der Waals surface area contributed by atoms with E-state index in [0.717, 1.165) is 51.1 Å². The number of aromatic nitrogens is 1. The lowest BCUT2D eigenvalue weighted by Crippen LogP contribution is -2.53. The quantitative estimate of drug-likeness (QED) is 0.630. The maximum absolute atomic E-state index is 9.56. The molecule has 1 saturated heterocycles. The predicted octanol–water partition coefficient (Wildman–Crippen LogP) is 3.80. The molecule has 0 radical (unpaired) electrons. The van der Waals surface area contributed by atoms with Crippen molar-refractivity contribution in [2.24, 2.45) is 0 Å². The van der Waals surface area contributed by atoms with Crippen LogP contribution in [0.5, 0.6) is 0 Å². The molecule has 0 bridgehead atoms. The third-order valence-electron chi connectivity index (χ3n) is 5.60. The molecule has 0 aliphatic carbocycles. The highest BCUT2D eigenvalue weighted by Gasteiger charge is 2.26. The van der Waals surface area contributed by atoms with Gasteiger partial charge >= 0.3 is 0 Å². The van der Waals surface area contributed by atoms with Gasteiger partial charge in [-0.1, -0.05) is 42.5 Å². The van der Waals surface area contributed by atoms with Crippen molar-refractivity contribution in [3.05, 3.63) is 65.2 Å². The molecule has 2 aromatic carbocycles. The topological polar surface area (TPSA) is 39.6 Å². The normalized spacial score (nSPS) is 18.7. The molecular formula is C23H29N3OS. The summed E-state index contributed by atoms with van der Waals surface area (Å²) in [4.78, 5) is 9.88. The Morgan fingerprint density at radius 2 is 1.86 bits per heavy atom. The van der Waals surface area contributed by atoms with Crippen LogP contribution in [0.4, 0.5) is 0 Å². The average molecular weight is 396 g/mol. The van der Waals surface area contributed by atoms with E-state index in [4.69, 9.17) is 4.98 Å². The molecule has 0 amide bonds. The molecule has 2 heterocycles. The summed E-state index contributed by atoms with van der Waals surface area (Å²) in [5.41, 5.74) is 2.52. The van der Waals surface area contributed by atoms with Crippen LogP contribution in [0, 0.1) is 0 Å². The van der Waals surface area contributed by atoms with E-state index in [9.17, 15) is 5.11 Å². The molecule has 1 aliphatic heterocycles. The summed E-state index contributed by atoms with van der Waals surface area (Å²) in [5.74, 6) is 0. The SMILES string of the molecule is OCC[C@@H]1CN(Cc2nc3ccccc3s2)CCN1CCCc1ccccc1. The van der Waals surface area contributed by atoms with Crippen molar-refractivity contribution in [2.75, 3.05) is 32.8 Å². The Labute approximate surface area is 171 Å². The number of hydrogen-bond donors (Lipinski definition) is 1. The van der Waals surface area contributed by atoms with Gasteiger partial charge in [-0.25, -0.2) is 4.98 Å². The van der Waals surface area contributed by atoms with Gasteiger partial charge < -0.3 is 5.11 Å². The Hall–Kier alpha value is -1.79. The van der Waals surface area contributed by atoms with Gasteiger partial charge in [-0.05, 0) is 43.5 Å². The predicted molar refractivity (Wildman–Crippen MR) is 117 cm³/mol. The van der Waals surface area contributed by atoms with Gasteiger partial charge in [-0.15, -0.1) is 11.3 Å². The van der Waals surface area contributed by atoms with Crippen molar-refractivity contribution in [3.8, 4) is 0 Å². The van der Waals surface area contributed by atoms with Gasteiger partial charge in [0.05, 0.1) is 16.8 Å². The standard InChI is InChI=1S/C23H29N3OS/c27-16-12-20-17-25(18-23-24-21-10-4-5-11-22(21)28-23)14-15-26(20)13-6-9-19-7-2-1-3-8-19/h1-5,7-8,10-11,20,27H,6,9,12-18H2/t20-/m1/s1. The van der Waals surface area contributed by atoms with E-state index in [2.05, 4.69) is 64.4 Å². The summed E-state index contributed by atoms with van der Waals surface area (Å²) in [6.45, 7) is 5.44. The molecule has 148 valence electrons. The number of hydrogen-bond acceptors (Lipinski definition) is 5. The van der Waals surface area contributed by atoms with Crippen LogP contribution in [0.1, 0.15) is 23.4 Å². The van der Waals surface area contributed by atoms with Crippen LogP contribution in [-0.2, 0) is 13.0 Å². The zero-order valence-corrected chi connectivity index (χ0v) is 17.2. The monoisotopic (exact) mass is 395 g/mol. The Morgan fingerprint density at radius 3 is 2.68 bits per heavy atom. The number of fused-ring (bicyclic) bond motifs is 1. The fraction of sp³-hybridized carbons (Fsp3) is 0.435. The van der Waals surface area contributed by atoms with E-state index in [1.165, 1.54) is 21.7 Å². The first-order chi connectivity index (χ1) is 13.8. The van der Waals surface area contributed by atoms with E-state index >= 15 is 0 Å². The molecule has 1 aliphatic rings. The van der Waals surface area contributed by atoms with Crippen molar-refractivity contribution in [2.45, 2.75) is 31.8 Å². The maximum atomic E-state index is 9.56. The van der Waals surface area contributed by atoms with Crippen LogP contribution in [-0.4, -0.2) is 58.7 Å². The molecule has 28 heavy (non-hydrogen) atoms. The molecular weight excluding hydrogens is 366 g/mol. The van der Waals surface area contributed by atoms with E-state index in [1.807, 2.05) is 0 Å². The lowest BCUT2D eigenvalue weighted by atomic mass is 10.1. The van der Waals surface area contributed by atoms with Crippen molar-refractivity contribution in [1.29, 1.82) is 0 Å². The van der Waals surface area contributed by atoms with Crippen molar-refractivity contribution < 1.29 is 5.11 Å². The van der Waals surface area contributed by atoms with Crippen molar-refractivity contribution in [1.82, 2.24) is 14.8 Å². The smallest absolute Gasteiger partial charge is 0.108 e. The Kier molecular flexibility index (Phi) is 6.70. The van der Waals surface area contributed by atoms with Gasteiger partial charge in [0.25, 0.3) is 0 Å². The summed E-state index contributed by atoms with van der Waals surface area (Å²) >= 11 is 1.80. The minimum Gasteiger partial charge on any atom is -0.396 e. The number of nitrogens with zero attached hydrogens (tertiary/aromatic N) is 3. The van der Waals surface area contributed by atoms with E-state index in [1.54, 1.807) is 11.3 Å². The van der Waals surface area contributed by atoms with E-state index in [-0.39, 0.29) is 6.61 Å². The first kappa shape index (κ1) is 19.5. The number of aryl methyl sites for hydroxylation is 1. The number of aliphatic hydroxyl groups excluding tert-OH is 1. The van der Waals surface area contributed by atoms with Gasteiger partial charge in [0.15, 0.2) is 0 Å². The lowest BCUT2D eigenvalue weighted by molar-refractivity contribution is 0.0547. The minimum atomic E-state index is 0.259. The second-order valence-electron chi connectivity index (χ2n) is 7.60. The second-order valence-corrected chi connectivity index (χ2v) is 8.72. The van der Waals surface area contributed by atoms with Gasteiger partial charge in [-0.2, -0.15) is 0 Å². The molecule has 0 spiro atoms. The van der Waals surface area contributed by atoms with E-state index in [0.29, 0.717) is 6.04 Å². The largest absolute Gasteiger partial charge is 0.396 e. The highest BCUT2D eigenvalue weighted by Crippen LogP contribution is 2.24. The molecule has 1 fully saturated rings. The van der Waals surface area contributed by atoms with Gasteiger partial charge in [-0.3, -0.25) is 9.80 Å². The molecule has 0 saturated carbocycles. The molecule has 1 aromatic heterocycles. The number of thiazole rings is 1. The number of rotatable bonds is 8. The molecule has 3 aromatic rings. The molecule has 1 atom stereocenters. The van der Waals surface area contributed by atoms with Gasteiger partial charge in [0.1, 0.15) is 5.01 Å².